The summed E-state index contributed by atoms with van der Waals surface area (Å²) in [5.41, 5.74) is 1.15. The number of methoxy groups -OCH3 is 3. The minimum absolute atomic E-state index is 0.327. The summed E-state index contributed by atoms with van der Waals surface area (Å²) in [6, 6.07) is 1.59. The smallest absolute Gasteiger partial charge is 0.421 e. The van der Waals surface area contributed by atoms with E-state index < -0.39 is 29.0 Å². The van der Waals surface area contributed by atoms with Crippen LogP contribution in [0.25, 0.3) is 0 Å². The Labute approximate surface area is 118 Å². The number of aromatic hydroxyl groups is 1. The van der Waals surface area contributed by atoms with Crippen LogP contribution < -0.4 is 15.2 Å². The van der Waals surface area contributed by atoms with Crippen LogP contribution in [0.1, 0.15) is 5.56 Å². The number of esters is 1. The van der Waals surface area contributed by atoms with Crippen LogP contribution in [0.15, 0.2) is 12.1 Å². The van der Waals surface area contributed by atoms with Crippen LogP contribution in [-0.4, -0.2) is 38.6 Å². The molecular formula is C12H14F3NO5. The molecule has 0 bridgehead atoms. The van der Waals surface area contributed by atoms with Crippen molar-refractivity contribution in [1.82, 2.24) is 0 Å². The highest BCUT2D eigenvalue weighted by Gasteiger charge is 2.60. The van der Waals surface area contributed by atoms with Crippen molar-refractivity contribution >= 4 is 5.97 Å². The first-order valence-corrected chi connectivity index (χ1v) is 5.53. The fourth-order valence-corrected chi connectivity index (χ4v) is 1.68. The quantitative estimate of drug-likeness (QED) is 0.815. The third-order valence-corrected chi connectivity index (χ3v) is 2.89. The van der Waals surface area contributed by atoms with E-state index in [9.17, 15) is 23.1 Å². The van der Waals surface area contributed by atoms with Gasteiger partial charge in [0.25, 0.3) is 0 Å². The Morgan fingerprint density at radius 3 is 1.86 bits per heavy atom. The van der Waals surface area contributed by atoms with E-state index >= 15 is 0 Å². The minimum atomic E-state index is -5.13. The van der Waals surface area contributed by atoms with Crippen molar-refractivity contribution in [2.45, 2.75) is 11.7 Å². The highest BCUT2D eigenvalue weighted by atomic mass is 19.4. The maximum atomic E-state index is 13.2. The summed E-state index contributed by atoms with van der Waals surface area (Å²) in [6.45, 7) is 0. The van der Waals surface area contributed by atoms with Crippen LogP contribution in [0.5, 0.6) is 17.2 Å². The Hall–Kier alpha value is -2.16. The number of phenolic OH excluding ortho intramolecular Hbond substituents is 1. The standard InChI is InChI=1S/C12H14F3NO5/c1-19-7-4-6(5-8(20-2)9(7)17)11(16,10(18)21-3)12(13,14)15/h4-5,17H,16H2,1-3H3/t11-/m0/s1. The summed E-state index contributed by atoms with van der Waals surface area (Å²) in [4.78, 5) is 11.6. The first kappa shape index (κ1) is 16.9. The van der Waals surface area contributed by atoms with Crippen LogP contribution in [0.2, 0.25) is 0 Å². The molecular weight excluding hydrogens is 295 g/mol. The lowest BCUT2D eigenvalue weighted by molar-refractivity contribution is -0.206. The highest BCUT2D eigenvalue weighted by Crippen LogP contribution is 2.44. The molecule has 1 rings (SSSR count). The van der Waals surface area contributed by atoms with Crippen LogP contribution in [-0.2, 0) is 15.1 Å². The molecule has 1 atom stereocenters. The number of hydrogen-bond acceptors (Lipinski definition) is 6. The molecule has 0 saturated carbocycles. The number of benzene rings is 1. The number of ether oxygens (including phenoxy) is 3. The van der Waals surface area contributed by atoms with Crippen molar-refractivity contribution in [3.8, 4) is 17.2 Å². The Kier molecular flexibility index (Phi) is 4.57. The number of hydrogen-bond donors (Lipinski definition) is 2. The second kappa shape index (κ2) is 5.68. The van der Waals surface area contributed by atoms with Gasteiger partial charge in [0.2, 0.25) is 11.3 Å². The average Bonchev–Trinajstić information content (AvgIpc) is 2.44. The molecule has 0 radical (unpaired) electrons. The van der Waals surface area contributed by atoms with Gasteiger partial charge in [-0.2, -0.15) is 13.2 Å². The zero-order valence-corrected chi connectivity index (χ0v) is 11.4. The maximum Gasteiger partial charge on any atom is 0.421 e. The van der Waals surface area contributed by atoms with Gasteiger partial charge in [0.15, 0.2) is 11.5 Å². The van der Waals surface area contributed by atoms with Gasteiger partial charge in [-0.1, -0.05) is 0 Å². The molecule has 6 nitrogen and oxygen atoms in total. The summed E-state index contributed by atoms with van der Waals surface area (Å²) in [5.74, 6) is -2.87. The number of halogens is 3. The Bertz CT molecular complexity index is 521. The number of nitrogens with two attached hydrogens (primary N) is 1. The monoisotopic (exact) mass is 309 g/mol. The molecule has 1 aromatic rings. The van der Waals surface area contributed by atoms with E-state index in [2.05, 4.69) is 4.74 Å². The van der Waals surface area contributed by atoms with Crippen molar-refractivity contribution < 1.29 is 37.3 Å². The fraction of sp³-hybridized carbons (Fsp3) is 0.417. The van der Waals surface area contributed by atoms with Crippen LogP contribution in [0.4, 0.5) is 13.2 Å². The first-order chi connectivity index (χ1) is 9.63. The zero-order valence-electron chi connectivity index (χ0n) is 11.4. The van der Waals surface area contributed by atoms with E-state index in [0.717, 1.165) is 33.5 Å². The topological polar surface area (TPSA) is 91.0 Å². The number of rotatable bonds is 4. The molecule has 0 heterocycles. The lowest BCUT2D eigenvalue weighted by atomic mass is 9.89. The van der Waals surface area contributed by atoms with Gasteiger partial charge < -0.3 is 25.1 Å². The van der Waals surface area contributed by atoms with Crippen molar-refractivity contribution in [2.75, 3.05) is 21.3 Å². The lowest BCUT2D eigenvalue weighted by Crippen LogP contribution is -2.57. The third-order valence-electron chi connectivity index (χ3n) is 2.89. The van der Waals surface area contributed by atoms with Gasteiger partial charge in [0.05, 0.1) is 21.3 Å². The van der Waals surface area contributed by atoms with Crippen molar-refractivity contribution in [3.63, 3.8) is 0 Å². The van der Waals surface area contributed by atoms with E-state index in [4.69, 9.17) is 15.2 Å². The van der Waals surface area contributed by atoms with Gasteiger partial charge in [0.1, 0.15) is 0 Å². The summed E-state index contributed by atoms with van der Waals surface area (Å²) in [5, 5.41) is 9.69. The second-order valence-corrected chi connectivity index (χ2v) is 4.03. The predicted octanol–water partition coefficient (Wildman–Crippen LogP) is 1.30. The van der Waals surface area contributed by atoms with E-state index in [-0.39, 0.29) is 11.5 Å². The van der Waals surface area contributed by atoms with Gasteiger partial charge in [-0.25, -0.2) is 4.79 Å². The van der Waals surface area contributed by atoms with Gasteiger partial charge in [-0.3, -0.25) is 0 Å². The Morgan fingerprint density at radius 2 is 1.57 bits per heavy atom. The van der Waals surface area contributed by atoms with E-state index in [1.807, 2.05) is 0 Å². The normalized spacial score (nSPS) is 14.2. The molecule has 0 amide bonds. The van der Waals surface area contributed by atoms with E-state index in [1.54, 1.807) is 0 Å². The lowest BCUT2D eigenvalue weighted by Gasteiger charge is -2.29. The summed E-state index contributed by atoms with van der Waals surface area (Å²) in [6.07, 6.45) is -5.13. The molecule has 0 aliphatic rings. The number of phenols is 1. The predicted molar refractivity (Wildman–Crippen MR) is 65.1 cm³/mol. The largest absolute Gasteiger partial charge is 0.502 e. The molecule has 0 spiro atoms. The number of carbonyl (C=O) groups is 1. The maximum absolute atomic E-state index is 13.2. The second-order valence-electron chi connectivity index (χ2n) is 4.03. The molecule has 21 heavy (non-hydrogen) atoms. The molecule has 0 aliphatic carbocycles. The van der Waals surface area contributed by atoms with Crippen molar-refractivity contribution in [1.29, 1.82) is 0 Å². The molecule has 0 aromatic heterocycles. The molecule has 0 saturated heterocycles. The summed E-state index contributed by atoms with van der Waals surface area (Å²) < 4.78 is 53.3. The zero-order chi connectivity index (χ0) is 16.4. The molecule has 1 aromatic carbocycles. The highest BCUT2D eigenvalue weighted by molar-refractivity contribution is 5.84. The van der Waals surface area contributed by atoms with Crippen molar-refractivity contribution in [3.05, 3.63) is 17.7 Å². The molecule has 0 unspecified atom stereocenters. The Balaban J connectivity index is 3.64. The molecule has 3 N–H and O–H groups in total. The van der Waals surface area contributed by atoms with Crippen molar-refractivity contribution in [2.24, 2.45) is 5.73 Å². The van der Waals surface area contributed by atoms with Gasteiger partial charge in [0, 0.05) is 5.56 Å². The molecule has 9 heteroatoms. The molecule has 0 fully saturated rings. The van der Waals surface area contributed by atoms with Crippen LogP contribution >= 0.6 is 0 Å². The van der Waals surface area contributed by atoms with Gasteiger partial charge >= 0.3 is 12.1 Å². The van der Waals surface area contributed by atoms with Gasteiger partial charge in [-0.15, -0.1) is 0 Å². The van der Waals surface area contributed by atoms with E-state index in [0.29, 0.717) is 0 Å². The van der Waals surface area contributed by atoms with E-state index in [1.165, 1.54) is 0 Å². The summed E-state index contributed by atoms with van der Waals surface area (Å²) >= 11 is 0. The SMILES string of the molecule is COC(=O)[C@@](N)(c1cc(OC)c(O)c(OC)c1)C(F)(F)F. The molecule has 118 valence electrons. The summed E-state index contributed by atoms with van der Waals surface area (Å²) in [7, 11) is 3.04. The van der Waals surface area contributed by atoms with Crippen LogP contribution in [0.3, 0.4) is 0 Å². The third kappa shape index (κ3) is 2.68. The number of carbonyl (C=O) groups excluding carboxylic acids is 1. The first-order valence-electron chi connectivity index (χ1n) is 5.53. The average molecular weight is 309 g/mol. The number of alkyl halides is 3. The fourth-order valence-electron chi connectivity index (χ4n) is 1.68. The molecule has 0 aliphatic heterocycles. The van der Waals surface area contributed by atoms with Crippen LogP contribution in [0, 0.1) is 0 Å². The van der Waals surface area contributed by atoms with Gasteiger partial charge in [-0.05, 0) is 12.1 Å². The Morgan fingerprint density at radius 1 is 1.14 bits per heavy atom. The minimum Gasteiger partial charge on any atom is -0.502 e.